The van der Waals surface area contributed by atoms with Gasteiger partial charge < -0.3 is 10.4 Å². The minimum Gasteiger partial charge on any atom is -0.389 e. The van der Waals surface area contributed by atoms with E-state index in [-0.39, 0.29) is 6.04 Å². The van der Waals surface area contributed by atoms with Crippen molar-refractivity contribution in [2.75, 3.05) is 6.54 Å². The number of hydrogen-bond acceptors (Lipinski definition) is 2. The maximum atomic E-state index is 10.8. The van der Waals surface area contributed by atoms with Crippen molar-refractivity contribution in [3.63, 3.8) is 0 Å². The van der Waals surface area contributed by atoms with Crippen LogP contribution in [0.15, 0.2) is 24.3 Å². The van der Waals surface area contributed by atoms with Gasteiger partial charge in [0.15, 0.2) is 0 Å². The van der Waals surface area contributed by atoms with Gasteiger partial charge in [-0.1, -0.05) is 42.6 Å². The highest BCUT2D eigenvalue weighted by Crippen LogP contribution is 2.46. The van der Waals surface area contributed by atoms with E-state index in [1.54, 1.807) is 0 Å². The van der Waals surface area contributed by atoms with E-state index in [0.717, 1.165) is 42.8 Å². The minimum absolute atomic E-state index is 0.206. The number of piperidine rings is 1. The van der Waals surface area contributed by atoms with Crippen LogP contribution in [-0.4, -0.2) is 17.3 Å². The van der Waals surface area contributed by atoms with Crippen molar-refractivity contribution >= 4 is 11.6 Å². The second kappa shape index (κ2) is 4.84. The molecule has 3 rings (SSSR count). The van der Waals surface area contributed by atoms with Crippen LogP contribution in [0.1, 0.15) is 43.7 Å². The molecule has 0 bridgehead atoms. The van der Waals surface area contributed by atoms with E-state index in [4.69, 9.17) is 11.6 Å². The quantitative estimate of drug-likeness (QED) is 0.817. The molecule has 1 aliphatic carbocycles. The molecular weight excluding hydrogens is 246 g/mol. The predicted octanol–water partition coefficient (Wildman–Crippen LogP) is 3.30. The van der Waals surface area contributed by atoms with Crippen molar-refractivity contribution in [2.45, 2.75) is 43.7 Å². The van der Waals surface area contributed by atoms with E-state index in [0.29, 0.717) is 5.92 Å². The molecule has 2 aliphatic rings. The van der Waals surface area contributed by atoms with Gasteiger partial charge in [-0.3, -0.25) is 0 Å². The van der Waals surface area contributed by atoms with Gasteiger partial charge in [-0.2, -0.15) is 0 Å². The molecule has 0 amide bonds. The number of nitrogens with one attached hydrogen (secondary N) is 1. The molecule has 0 spiro atoms. The molecule has 1 aromatic carbocycles. The standard InChI is InChI=1S/C15H20ClNO/c16-13-7-2-1-5-11(13)14-12-6-3-4-8-15(12,18)9-10-17-14/h1-2,5,7,12,14,17-18H,3-4,6,8-10H2/t12-,14-,15+/m1/s1. The number of fused-ring (bicyclic) bond motifs is 1. The number of halogens is 1. The van der Waals surface area contributed by atoms with Crippen LogP contribution in [0.3, 0.4) is 0 Å². The third-order valence-corrected chi connectivity index (χ3v) is 4.97. The lowest BCUT2D eigenvalue weighted by Crippen LogP contribution is -2.53. The van der Waals surface area contributed by atoms with Gasteiger partial charge in [0.25, 0.3) is 0 Å². The molecule has 1 aliphatic heterocycles. The Morgan fingerprint density at radius 1 is 1.22 bits per heavy atom. The molecule has 1 aromatic rings. The molecule has 1 saturated carbocycles. The fourth-order valence-corrected chi connectivity index (χ4v) is 3.93. The normalized spacial score (nSPS) is 36.1. The highest BCUT2D eigenvalue weighted by Gasteiger charge is 2.46. The smallest absolute Gasteiger partial charge is 0.0706 e. The van der Waals surface area contributed by atoms with Crippen LogP contribution in [0.4, 0.5) is 0 Å². The monoisotopic (exact) mass is 265 g/mol. The van der Waals surface area contributed by atoms with Gasteiger partial charge in [0.1, 0.15) is 0 Å². The zero-order chi connectivity index (χ0) is 12.6. The Kier molecular flexibility index (Phi) is 3.35. The summed E-state index contributed by atoms with van der Waals surface area (Å²) in [5.74, 6) is 0.305. The van der Waals surface area contributed by atoms with Crippen molar-refractivity contribution in [3.05, 3.63) is 34.9 Å². The maximum absolute atomic E-state index is 10.8. The average molecular weight is 266 g/mol. The van der Waals surface area contributed by atoms with Gasteiger partial charge >= 0.3 is 0 Å². The average Bonchev–Trinajstić information content (AvgIpc) is 2.38. The Morgan fingerprint density at radius 3 is 2.89 bits per heavy atom. The molecule has 0 radical (unpaired) electrons. The molecule has 1 heterocycles. The van der Waals surface area contributed by atoms with Crippen molar-refractivity contribution in [1.82, 2.24) is 5.32 Å². The van der Waals surface area contributed by atoms with Crippen LogP contribution in [0.25, 0.3) is 0 Å². The third kappa shape index (κ3) is 2.07. The Labute approximate surface area is 113 Å². The maximum Gasteiger partial charge on any atom is 0.0706 e. The van der Waals surface area contributed by atoms with E-state index in [1.165, 1.54) is 6.42 Å². The Bertz CT molecular complexity index is 432. The van der Waals surface area contributed by atoms with Gasteiger partial charge in [0.2, 0.25) is 0 Å². The van der Waals surface area contributed by atoms with Crippen LogP contribution in [0, 0.1) is 5.92 Å². The number of rotatable bonds is 1. The first-order valence-electron chi connectivity index (χ1n) is 6.91. The Balaban J connectivity index is 1.94. The van der Waals surface area contributed by atoms with Gasteiger partial charge in [-0.15, -0.1) is 0 Å². The summed E-state index contributed by atoms with van der Waals surface area (Å²) in [5, 5.41) is 15.2. The van der Waals surface area contributed by atoms with Crippen LogP contribution in [0.2, 0.25) is 5.02 Å². The van der Waals surface area contributed by atoms with Gasteiger partial charge in [-0.25, -0.2) is 0 Å². The lowest BCUT2D eigenvalue weighted by atomic mass is 9.67. The first-order valence-corrected chi connectivity index (χ1v) is 7.29. The van der Waals surface area contributed by atoms with Crippen LogP contribution in [0.5, 0.6) is 0 Å². The Morgan fingerprint density at radius 2 is 2.06 bits per heavy atom. The molecule has 0 aromatic heterocycles. The minimum atomic E-state index is -0.479. The van der Waals surface area contributed by atoms with E-state index < -0.39 is 5.60 Å². The van der Waals surface area contributed by atoms with E-state index in [9.17, 15) is 5.11 Å². The first kappa shape index (κ1) is 12.5. The lowest BCUT2D eigenvalue weighted by molar-refractivity contribution is -0.0861. The summed E-state index contributed by atoms with van der Waals surface area (Å²) in [7, 11) is 0. The fraction of sp³-hybridized carbons (Fsp3) is 0.600. The van der Waals surface area contributed by atoms with Crippen molar-refractivity contribution in [1.29, 1.82) is 0 Å². The fourth-order valence-electron chi connectivity index (χ4n) is 3.68. The lowest BCUT2D eigenvalue weighted by Gasteiger charge is -2.48. The number of hydrogen-bond donors (Lipinski definition) is 2. The van der Waals surface area contributed by atoms with Crippen LogP contribution in [-0.2, 0) is 0 Å². The second-order valence-electron chi connectivity index (χ2n) is 5.66. The van der Waals surface area contributed by atoms with Crippen molar-refractivity contribution < 1.29 is 5.11 Å². The van der Waals surface area contributed by atoms with Gasteiger partial charge in [0, 0.05) is 17.0 Å². The third-order valence-electron chi connectivity index (χ3n) is 4.63. The predicted molar refractivity (Wildman–Crippen MR) is 73.7 cm³/mol. The van der Waals surface area contributed by atoms with E-state index in [2.05, 4.69) is 11.4 Å². The highest BCUT2D eigenvalue weighted by atomic mass is 35.5. The molecule has 1 saturated heterocycles. The summed E-state index contributed by atoms with van der Waals surface area (Å²) in [4.78, 5) is 0. The number of aliphatic hydroxyl groups is 1. The molecule has 2 nitrogen and oxygen atoms in total. The summed E-state index contributed by atoms with van der Waals surface area (Å²) < 4.78 is 0. The van der Waals surface area contributed by atoms with Crippen LogP contribution < -0.4 is 5.32 Å². The van der Waals surface area contributed by atoms with Gasteiger partial charge in [0.05, 0.1) is 5.60 Å². The summed E-state index contributed by atoms with van der Waals surface area (Å²) in [6.45, 7) is 0.878. The van der Waals surface area contributed by atoms with E-state index >= 15 is 0 Å². The van der Waals surface area contributed by atoms with Crippen molar-refractivity contribution in [2.24, 2.45) is 5.92 Å². The number of benzene rings is 1. The zero-order valence-electron chi connectivity index (χ0n) is 10.5. The van der Waals surface area contributed by atoms with Crippen molar-refractivity contribution in [3.8, 4) is 0 Å². The SMILES string of the molecule is O[C@]12CCCC[C@@H]1[C@@H](c1ccccc1Cl)NCC2. The van der Waals surface area contributed by atoms with E-state index in [1.807, 2.05) is 18.2 Å². The molecule has 0 unspecified atom stereocenters. The topological polar surface area (TPSA) is 32.3 Å². The molecule has 2 fully saturated rings. The molecule has 18 heavy (non-hydrogen) atoms. The largest absolute Gasteiger partial charge is 0.389 e. The molecule has 3 heteroatoms. The Hall–Kier alpha value is -0.570. The summed E-state index contributed by atoms with van der Waals surface area (Å²) in [6.07, 6.45) is 5.29. The van der Waals surface area contributed by atoms with Gasteiger partial charge in [-0.05, 0) is 37.4 Å². The zero-order valence-corrected chi connectivity index (χ0v) is 11.3. The molecule has 3 atom stereocenters. The summed E-state index contributed by atoms with van der Waals surface area (Å²) >= 11 is 6.31. The molecule has 2 N–H and O–H groups in total. The summed E-state index contributed by atoms with van der Waals surface area (Å²) in [5.41, 5.74) is 0.664. The first-order chi connectivity index (χ1) is 8.71. The highest BCUT2D eigenvalue weighted by molar-refractivity contribution is 6.31. The van der Waals surface area contributed by atoms with Crippen LogP contribution >= 0.6 is 11.6 Å². The second-order valence-corrected chi connectivity index (χ2v) is 6.07. The summed E-state index contributed by atoms with van der Waals surface area (Å²) in [6, 6.07) is 8.22. The molecular formula is C15H20ClNO. The molecule has 98 valence electrons.